The van der Waals surface area contributed by atoms with Crippen molar-refractivity contribution in [2.45, 2.75) is 31.8 Å². The van der Waals surface area contributed by atoms with Gasteiger partial charge in [0, 0.05) is 4.88 Å². The van der Waals surface area contributed by atoms with E-state index in [1.807, 2.05) is 0 Å². The van der Waals surface area contributed by atoms with E-state index in [-0.39, 0.29) is 6.10 Å². The lowest BCUT2D eigenvalue weighted by Crippen LogP contribution is -2.09. The van der Waals surface area contributed by atoms with Gasteiger partial charge in [-0.1, -0.05) is 6.07 Å². The molecule has 0 saturated heterocycles. The smallest absolute Gasteiger partial charge is 0.0571 e. The summed E-state index contributed by atoms with van der Waals surface area (Å²) in [4.78, 5) is 1.40. The van der Waals surface area contributed by atoms with Gasteiger partial charge in [-0.3, -0.25) is 0 Å². The van der Waals surface area contributed by atoms with Gasteiger partial charge in [-0.05, 0) is 43.0 Å². The lowest BCUT2D eigenvalue weighted by molar-refractivity contribution is 0.142. The number of hydrogen-bond donors (Lipinski definition) is 1. The van der Waals surface area contributed by atoms with Crippen LogP contribution in [0.3, 0.4) is 0 Å². The number of thiophene rings is 1. The molecule has 0 aromatic carbocycles. The molecule has 1 aromatic rings. The summed E-state index contributed by atoms with van der Waals surface area (Å²) >= 11 is 1.79. The molecule has 0 spiro atoms. The number of aryl methyl sites for hydroxylation is 1. The van der Waals surface area contributed by atoms with Gasteiger partial charge in [-0.15, -0.1) is 11.3 Å². The Morgan fingerprint density at radius 2 is 2.42 bits per heavy atom. The molecular weight excluding hydrogens is 168 g/mol. The number of hydrogen-bond acceptors (Lipinski definition) is 2. The third kappa shape index (κ3) is 2.08. The van der Waals surface area contributed by atoms with Crippen molar-refractivity contribution < 1.29 is 5.11 Å². The van der Waals surface area contributed by atoms with Gasteiger partial charge >= 0.3 is 0 Å². The molecule has 1 atom stereocenters. The molecule has 1 aliphatic rings. The fourth-order valence-corrected chi connectivity index (χ4v) is 2.19. The SMILES string of the molecule is OC(CCc1cccs1)C1CC1. The molecule has 0 bridgehead atoms. The van der Waals surface area contributed by atoms with Crippen LogP contribution in [0, 0.1) is 5.92 Å². The second kappa shape index (κ2) is 3.58. The highest BCUT2D eigenvalue weighted by Gasteiger charge is 2.29. The van der Waals surface area contributed by atoms with Crippen molar-refractivity contribution >= 4 is 11.3 Å². The minimum Gasteiger partial charge on any atom is -0.393 e. The molecule has 1 aromatic heterocycles. The van der Waals surface area contributed by atoms with Crippen molar-refractivity contribution in [3.8, 4) is 0 Å². The molecule has 0 aliphatic heterocycles. The summed E-state index contributed by atoms with van der Waals surface area (Å²) in [5.41, 5.74) is 0. The summed E-state index contributed by atoms with van der Waals surface area (Å²) in [6.07, 6.45) is 4.45. The van der Waals surface area contributed by atoms with E-state index >= 15 is 0 Å². The summed E-state index contributed by atoms with van der Waals surface area (Å²) in [6.45, 7) is 0. The average Bonchev–Trinajstić information content (AvgIpc) is 2.80. The highest BCUT2D eigenvalue weighted by atomic mass is 32.1. The quantitative estimate of drug-likeness (QED) is 0.758. The molecule has 0 radical (unpaired) electrons. The molecule has 1 unspecified atom stereocenters. The maximum Gasteiger partial charge on any atom is 0.0571 e. The summed E-state index contributed by atoms with van der Waals surface area (Å²) in [5, 5.41) is 11.7. The van der Waals surface area contributed by atoms with E-state index in [0.29, 0.717) is 5.92 Å². The van der Waals surface area contributed by atoms with Crippen LogP contribution in [0.5, 0.6) is 0 Å². The lowest BCUT2D eigenvalue weighted by atomic mass is 10.1. The van der Waals surface area contributed by atoms with Crippen LogP contribution in [0.2, 0.25) is 0 Å². The van der Waals surface area contributed by atoms with Crippen LogP contribution in [-0.4, -0.2) is 11.2 Å². The predicted octanol–water partition coefficient (Wildman–Crippen LogP) is 2.45. The highest BCUT2D eigenvalue weighted by Crippen LogP contribution is 2.34. The Balaban J connectivity index is 1.74. The van der Waals surface area contributed by atoms with E-state index < -0.39 is 0 Å². The van der Waals surface area contributed by atoms with Gasteiger partial charge in [0.15, 0.2) is 0 Å². The standard InChI is InChI=1S/C10H14OS/c11-10(8-3-4-8)6-5-9-2-1-7-12-9/h1-2,7-8,10-11H,3-6H2. The zero-order valence-corrected chi connectivity index (χ0v) is 7.89. The first-order chi connectivity index (χ1) is 5.86. The van der Waals surface area contributed by atoms with E-state index in [0.717, 1.165) is 12.8 Å². The van der Waals surface area contributed by atoms with Gasteiger partial charge in [0.05, 0.1) is 6.10 Å². The van der Waals surface area contributed by atoms with E-state index in [4.69, 9.17) is 0 Å². The van der Waals surface area contributed by atoms with Gasteiger partial charge < -0.3 is 5.11 Å². The van der Waals surface area contributed by atoms with Gasteiger partial charge in [0.25, 0.3) is 0 Å². The van der Waals surface area contributed by atoms with Crippen molar-refractivity contribution in [2.24, 2.45) is 5.92 Å². The average molecular weight is 182 g/mol. The van der Waals surface area contributed by atoms with Crippen molar-refractivity contribution in [1.82, 2.24) is 0 Å². The topological polar surface area (TPSA) is 20.2 Å². The van der Waals surface area contributed by atoms with Crippen molar-refractivity contribution in [3.05, 3.63) is 22.4 Å². The van der Waals surface area contributed by atoms with Crippen LogP contribution in [0.25, 0.3) is 0 Å². The molecule has 1 saturated carbocycles. The van der Waals surface area contributed by atoms with Gasteiger partial charge in [-0.2, -0.15) is 0 Å². The molecule has 1 heterocycles. The van der Waals surface area contributed by atoms with Crippen LogP contribution in [0.4, 0.5) is 0 Å². The zero-order chi connectivity index (χ0) is 8.39. The second-order valence-corrected chi connectivity index (χ2v) is 4.56. The minimum atomic E-state index is -0.0351. The van der Waals surface area contributed by atoms with Crippen LogP contribution >= 0.6 is 11.3 Å². The summed E-state index contributed by atoms with van der Waals surface area (Å²) in [7, 11) is 0. The summed E-state index contributed by atoms with van der Waals surface area (Å²) < 4.78 is 0. The lowest BCUT2D eigenvalue weighted by Gasteiger charge is -2.06. The third-order valence-corrected chi connectivity index (χ3v) is 3.37. The first kappa shape index (κ1) is 8.27. The van der Waals surface area contributed by atoms with Crippen LogP contribution in [0.1, 0.15) is 24.1 Å². The molecule has 2 rings (SSSR count). The van der Waals surface area contributed by atoms with Crippen LogP contribution in [-0.2, 0) is 6.42 Å². The Hall–Kier alpha value is -0.340. The monoisotopic (exact) mass is 182 g/mol. The van der Waals surface area contributed by atoms with E-state index in [1.165, 1.54) is 17.7 Å². The van der Waals surface area contributed by atoms with Crippen molar-refractivity contribution in [3.63, 3.8) is 0 Å². The van der Waals surface area contributed by atoms with Gasteiger partial charge in [-0.25, -0.2) is 0 Å². The van der Waals surface area contributed by atoms with Crippen LogP contribution < -0.4 is 0 Å². The van der Waals surface area contributed by atoms with Crippen molar-refractivity contribution in [1.29, 1.82) is 0 Å². The fourth-order valence-electron chi connectivity index (χ4n) is 1.46. The first-order valence-electron chi connectivity index (χ1n) is 4.56. The van der Waals surface area contributed by atoms with E-state index in [1.54, 1.807) is 11.3 Å². The molecular formula is C10H14OS. The molecule has 2 heteroatoms. The predicted molar refractivity (Wildman–Crippen MR) is 51.4 cm³/mol. The Bertz CT molecular complexity index is 226. The first-order valence-corrected chi connectivity index (χ1v) is 5.44. The Kier molecular flexibility index (Phi) is 2.47. The molecule has 1 nitrogen and oxygen atoms in total. The highest BCUT2D eigenvalue weighted by molar-refractivity contribution is 7.09. The van der Waals surface area contributed by atoms with Gasteiger partial charge in [0.2, 0.25) is 0 Å². The molecule has 12 heavy (non-hydrogen) atoms. The molecule has 66 valence electrons. The Morgan fingerprint density at radius 1 is 1.58 bits per heavy atom. The Morgan fingerprint density at radius 3 is 3.00 bits per heavy atom. The molecule has 1 N–H and O–H groups in total. The van der Waals surface area contributed by atoms with Crippen molar-refractivity contribution in [2.75, 3.05) is 0 Å². The fraction of sp³-hybridized carbons (Fsp3) is 0.600. The summed E-state index contributed by atoms with van der Waals surface area (Å²) in [5.74, 6) is 0.630. The number of rotatable bonds is 4. The van der Waals surface area contributed by atoms with Crippen LogP contribution in [0.15, 0.2) is 17.5 Å². The number of aliphatic hydroxyl groups is 1. The zero-order valence-electron chi connectivity index (χ0n) is 7.07. The number of aliphatic hydroxyl groups excluding tert-OH is 1. The normalized spacial score (nSPS) is 19.4. The summed E-state index contributed by atoms with van der Waals surface area (Å²) in [6, 6.07) is 4.22. The minimum absolute atomic E-state index is 0.0351. The van der Waals surface area contributed by atoms with E-state index in [9.17, 15) is 5.11 Å². The van der Waals surface area contributed by atoms with Gasteiger partial charge in [0.1, 0.15) is 0 Å². The maximum absolute atomic E-state index is 9.59. The molecule has 1 aliphatic carbocycles. The maximum atomic E-state index is 9.59. The largest absolute Gasteiger partial charge is 0.393 e. The third-order valence-electron chi connectivity index (χ3n) is 2.43. The molecule has 0 amide bonds. The second-order valence-electron chi connectivity index (χ2n) is 3.52. The van der Waals surface area contributed by atoms with E-state index in [2.05, 4.69) is 17.5 Å². The Labute approximate surface area is 77.0 Å². The molecule has 1 fully saturated rings.